The van der Waals surface area contributed by atoms with Gasteiger partial charge in [0.2, 0.25) is 0 Å². The third kappa shape index (κ3) is 8.37. The smallest absolute Gasteiger partial charge is 0.407 e. The summed E-state index contributed by atoms with van der Waals surface area (Å²) in [4.78, 5) is 36.3. The number of anilines is 1. The molecule has 0 spiro atoms. The standard InChI is InChI=1S/C20H32N4O5/c1-14(10-7-8-13-21-19(26)29-20(2,3)4)22-17-15(18(25)23(5)6)11-9-12-16(17)24(27)28/h9,11-12,14,22H,7-8,10,13H2,1-6H3,(H,21,26). The minimum absolute atomic E-state index is 0.0914. The van der Waals surface area contributed by atoms with Crippen LogP contribution in [0.5, 0.6) is 0 Å². The Bertz CT molecular complexity index is 728. The van der Waals surface area contributed by atoms with Gasteiger partial charge in [0.25, 0.3) is 11.6 Å². The third-order valence-corrected chi connectivity index (χ3v) is 4.00. The maximum absolute atomic E-state index is 12.4. The van der Waals surface area contributed by atoms with Crippen LogP contribution in [0.2, 0.25) is 0 Å². The zero-order valence-electron chi connectivity index (χ0n) is 18.1. The molecular weight excluding hydrogens is 376 g/mol. The van der Waals surface area contributed by atoms with E-state index in [0.29, 0.717) is 6.54 Å². The number of alkyl carbamates (subject to hydrolysis) is 1. The summed E-state index contributed by atoms with van der Waals surface area (Å²) in [5, 5.41) is 17.2. The lowest BCUT2D eigenvalue weighted by atomic mass is 10.1. The predicted molar refractivity (Wildman–Crippen MR) is 112 cm³/mol. The van der Waals surface area contributed by atoms with Gasteiger partial charge >= 0.3 is 6.09 Å². The molecule has 162 valence electrons. The van der Waals surface area contributed by atoms with E-state index < -0.39 is 16.6 Å². The first-order valence-electron chi connectivity index (χ1n) is 9.65. The molecule has 0 aliphatic heterocycles. The van der Waals surface area contributed by atoms with E-state index in [-0.39, 0.29) is 28.9 Å². The van der Waals surface area contributed by atoms with Gasteiger partial charge in [-0.15, -0.1) is 0 Å². The lowest BCUT2D eigenvalue weighted by Crippen LogP contribution is -2.33. The molecule has 1 atom stereocenters. The predicted octanol–water partition coefficient (Wildman–Crippen LogP) is 3.79. The van der Waals surface area contributed by atoms with E-state index in [1.165, 1.54) is 17.0 Å². The molecule has 0 aliphatic rings. The number of carbonyl (C=O) groups is 2. The van der Waals surface area contributed by atoms with Gasteiger partial charge < -0.3 is 20.3 Å². The van der Waals surface area contributed by atoms with Crippen molar-refractivity contribution in [3.05, 3.63) is 33.9 Å². The first-order valence-corrected chi connectivity index (χ1v) is 9.65. The van der Waals surface area contributed by atoms with Crippen molar-refractivity contribution >= 4 is 23.4 Å². The fraction of sp³-hybridized carbons (Fsp3) is 0.600. The van der Waals surface area contributed by atoms with Crippen LogP contribution in [0.3, 0.4) is 0 Å². The average molecular weight is 408 g/mol. The van der Waals surface area contributed by atoms with Crippen molar-refractivity contribution in [3.8, 4) is 0 Å². The van der Waals surface area contributed by atoms with Gasteiger partial charge in [-0.05, 0) is 53.0 Å². The Labute approximate surface area is 171 Å². The van der Waals surface area contributed by atoms with Crippen molar-refractivity contribution in [1.82, 2.24) is 10.2 Å². The van der Waals surface area contributed by atoms with Crippen LogP contribution in [-0.4, -0.2) is 54.1 Å². The van der Waals surface area contributed by atoms with Gasteiger partial charge in [-0.2, -0.15) is 0 Å². The number of nitro benzene ring substituents is 1. The van der Waals surface area contributed by atoms with Crippen LogP contribution < -0.4 is 10.6 Å². The van der Waals surface area contributed by atoms with Crippen LogP contribution >= 0.6 is 0 Å². The van der Waals surface area contributed by atoms with Crippen LogP contribution in [-0.2, 0) is 4.74 Å². The van der Waals surface area contributed by atoms with Gasteiger partial charge in [0.15, 0.2) is 0 Å². The van der Waals surface area contributed by atoms with Gasteiger partial charge in [-0.25, -0.2) is 4.79 Å². The van der Waals surface area contributed by atoms with Crippen molar-refractivity contribution < 1.29 is 19.2 Å². The molecule has 0 saturated carbocycles. The summed E-state index contributed by atoms with van der Waals surface area (Å²) in [5.41, 5.74) is -0.163. The number of hydrogen-bond acceptors (Lipinski definition) is 6. The highest BCUT2D eigenvalue weighted by molar-refractivity contribution is 6.01. The number of rotatable bonds is 9. The van der Waals surface area contributed by atoms with E-state index in [2.05, 4.69) is 10.6 Å². The van der Waals surface area contributed by atoms with Gasteiger partial charge in [-0.3, -0.25) is 14.9 Å². The summed E-state index contributed by atoms with van der Waals surface area (Å²) in [5.74, 6) is -0.301. The molecule has 1 rings (SSSR count). The second-order valence-corrected chi connectivity index (χ2v) is 8.13. The quantitative estimate of drug-likeness (QED) is 0.365. The third-order valence-electron chi connectivity index (χ3n) is 4.00. The molecule has 2 N–H and O–H groups in total. The SMILES string of the molecule is CC(CCCCNC(=O)OC(C)(C)C)Nc1c(C(=O)N(C)C)cccc1[N+](=O)[O-]. The lowest BCUT2D eigenvalue weighted by Gasteiger charge is -2.20. The molecule has 0 aromatic heterocycles. The molecule has 29 heavy (non-hydrogen) atoms. The number of hydrogen-bond donors (Lipinski definition) is 2. The summed E-state index contributed by atoms with van der Waals surface area (Å²) >= 11 is 0. The van der Waals surface area contributed by atoms with Crippen LogP contribution in [0.1, 0.15) is 57.3 Å². The summed E-state index contributed by atoms with van der Waals surface area (Å²) < 4.78 is 5.17. The van der Waals surface area contributed by atoms with E-state index in [1.807, 2.05) is 6.92 Å². The number of benzene rings is 1. The molecule has 0 radical (unpaired) electrons. The normalized spacial score (nSPS) is 12.1. The number of para-hydroxylation sites is 1. The van der Waals surface area contributed by atoms with Crippen LogP contribution in [0.4, 0.5) is 16.2 Å². The largest absolute Gasteiger partial charge is 0.444 e. The molecule has 0 heterocycles. The molecule has 0 saturated heterocycles. The van der Waals surface area contributed by atoms with Crippen LogP contribution in [0.15, 0.2) is 18.2 Å². The summed E-state index contributed by atoms with van der Waals surface area (Å²) in [6.07, 6.45) is 1.81. The molecule has 9 heteroatoms. The highest BCUT2D eigenvalue weighted by Gasteiger charge is 2.23. The van der Waals surface area contributed by atoms with Crippen molar-refractivity contribution in [2.45, 2.75) is 58.6 Å². The number of nitrogens with one attached hydrogen (secondary N) is 2. The highest BCUT2D eigenvalue weighted by Crippen LogP contribution is 2.30. The van der Waals surface area contributed by atoms with Gasteiger partial charge in [0, 0.05) is 32.7 Å². The van der Waals surface area contributed by atoms with E-state index >= 15 is 0 Å². The number of ether oxygens (including phenoxy) is 1. The Kier molecular flexibility index (Phi) is 8.87. The number of nitro groups is 1. The van der Waals surface area contributed by atoms with Crippen molar-refractivity contribution in [1.29, 1.82) is 0 Å². The maximum Gasteiger partial charge on any atom is 0.407 e. The lowest BCUT2D eigenvalue weighted by molar-refractivity contribution is -0.384. The van der Waals surface area contributed by atoms with Gasteiger partial charge in [-0.1, -0.05) is 6.07 Å². The van der Waals surface area contributed by atoms with Crippen molar-refractivity contribution in [2.24, 2.45) is 0 Å². The minimum atomic E-state index is -0.533. The average Bonchev–Trinajstić information content (AvgIpc) is 2.59. The molecule has 9 nitrogen and oxygen atoms in total. The molecule has 2 amide bonds. The van der Waals surface area contributed by atoms with Crippen molar-refractivity contribution in [3.63, 3.8) is 0 Å². The summed E-state index contributed by atoms with van der Waals surface area (Å²) in [6.45, 7) is 7.80. The minimum Gasteiger partial charge on any atom is -0.444 e. The molecule has 1 unspecified atom stereocenters. The Morgan fingerprint density at radius 1 is 1.24 bits per heavy atom. The topological polar surface area (TPSA) is 114 Å². The number of amides is 2. The summed E-state index contributed by atoms with van der Waals surface area (Å²) in [6, 6.07) is 4.38. The molecule has 0 aliphatic carbocycles. The van der Waals surface area contributed by atoms with E-state index in [1.54, 1.807) is 40.9 Å². The zero-order chi connectivity index (χ0) is 22.2. The fourth-order valence-corrected chi connectivity index (χ4v) is 2.66. The number of carbonyl (C=O) groups excluding carboxylic acids is 2. The molecule has 1 aromatic rings. The fourth-order valence-electron chi connectivity index (χ4n) is 2.66. The molecule has 1 aromatic carbocycles. The molecule has 0 fully saturated rings. The first-order chi connectivity index (χ1) is 13.4. The van der Waals surface area contributed by atoms with E-state index in [0.717, 1.165) is 19.3 Å². The van der Waals surface area contributed by atoms with E-state index in [9.17, 15) is 19.7 Å². The Balaban J connectivity index is 2.63. The molecular formula is C20H32N4O5. The van der Waals surface area contributed by atoms with Gasteiger partial charge in [0.1, 0.15) is 11.3 Å². The number of nitrogens with zero attached hydrogens (tertiary/aromatic N) is 2. The monoisotopic (exact) mass is 408 g/mol. The Hall–Kier alpha value is -2.84. The molecule has 0 bridgehead atoms. The second kappa shape index (κ2) is 10.6. The van der Waals surface area contributed by atoms with Crippen LogP contribution in [0, 0.1) is 10.1 Å². The Morgan fingerprint density at radius 3 is 2.45 bits per heavy atom. The first kappa shape index (κ1) is 24.2. The van der Waals surface area contributed by atoms with Crippen LogP contribution in [0.25, 0.3) is 0 Å². The zero-order valence-corrected chi connectivity index (χ0v) is 18.1. The Morgan fingerprint density at radius 2 is 1.90 bits per heavy atom. The number of unbranched alkanes of at least 4 members (excludes halogenated alkanes) is 1. The highest BCUT2D eigenvalue weighted by atomic mass is 16.6. The van der Waals surface area contributed by atoms with E-state index in [4.69, 9.17) is 4.74 Å². The maximum atomic E-state index is 12.4. The van der Waals surface area contributed by atoms with Crippen molar-refractivity contribution in [2.75, 3.05) is 26.0 Å². The van der Waals surface area contributed by atoms with Gasteiger partial charge in [0.05, 0.1) is 10.5 Å². The second-order valence-electron chi connectivity index (χ2n) is 8.13. The summed E-state index contributed by atoms with van der Waals surface area (Å²) in [7, 11) is 3.21.